The Bertz CT molecular complexity index is 1330. The van der Waals surface area contributed by atoms with Crippen LogP contribution < -0.4 is 15.0 Å². The number of furan rings is 1. The van der Waals surface area contributed by atoms with Gasteiger partial charge >= 0.3 is 0 Å². The van der Waals surface area contributed by atoms with E-state index in [-0.39, 0.29) is 18.0 Å². The van der Waals surface area contributed by atoms with Crippen molar-refractivity contribution in [2.45, 2.75) is 31.8 Å². The highest BCUT2D eigenvalue weighted by molar-refractivity contribution is 5.92. The van der Waals surface area contributed by atoms with E-state index < -0.39 is 0 Å². The average molecular weight is 448 g/mol. The van der Waals surface area contributed by atoms with E-state index in [1.807, 2.05) is 18.2 Å². The SMILES string of the molecule is C[C@H]1COCCN1c1nccc2oc(-c3cnc4ccc(OC[C@@H]5CCC(=O)N5)nn34)cc12. The molecule has 0 radical (unpaired) electrons. The smallest absolute Gasteiger partial charge is 0.231 e. The molecule has 2 aliphatic heterocycles. The van der Waals surface area contributed by atoms with Crippen molar-refractivity contribution < 1.29 is 18.7 Å². The second kappa shape index (κ2) is 8.04. The highest BCUT2D eigenvalue weighted by Crippen LogP contribution is 2.34. The Hall–Kier alpha value is -3.66. The molecule has 2 saturated heterocycles. The maximum atomic E-state index is 11.4. The van der Waals surface area contributed by atoms with Crippen molar-refractivity contribution in [1.29, 1.82) is 0 Å². The fourth-order valence-electron chi connectivity index (χ4n) is 4.44. The Morgan fingerprint density at radius 3 is 3.06 bits per heavy atom. The summed E-state index contributed by atoms with van der Waals surface area (Å²) >= 11 is 0. The summed E-state index contributed by atoms with van der Waals surface area (Å²) < 4.78 is 19.3. The molecule has 0 bridgehead atoms. The number of imidazole rings is 1. The first-order valence-electron chi connectivity index (χ1n) is 11.2. The van der Waals surface area contributed by atoms with Crippen molar-refractivity contribution in [2.24, 2.45) is 0 Å². The monoisotopic (exact) mass is 448 g/mol. The van der Waals surface area contributed by atoms with E-state index in [9.17, 15) is 4.79 Å². The van der Waals surface area contributed by atoms with Gasteiger partial charge < -0.3 is 24.1 Å². The van der Waals surface area contributed by atoms with Crippen LogP contribution in [0.15, 0.2) is 41.1 Å². The molecule has 0 saturated carbocycles. The van der Waals surface area contributed by atoms with Crippen LogP contribution >= 0.6 is 0 Å². The van der Waals surface area contributed by atoms with E-state index in [0.29, 0.717) is 43.5 Å². The minimum Gasteiger partial charge on any atom is -0.474 e. The van der Waals surface area contributed by atoms with Gasteiger partial charge in [0.25, 0.3) is 0 Å². The van der Waals surface area contributed by atoms with Gasteiger partial charge in [-0.3, -0.25) is 4.79 Å². The van der Waals surface area contributed by atoms with E-state index >= 15 is 0 Å². The molecule has 0 unspecified atom stereocenters. The molecule has 6 heterocycles. The summed E-state index contributed by atoms with van der Waals surface area (Å²) in [4.78, 5) is 22.8. The molecule has 4 aromatic heterocycles. The first kappa shape index (κ1) is 20.0. The molecule has 10 heteroatoms. The zero-order chi connectivity index (χ0) is 22.4. The Kier molecular flexibility index (Phi) is 4.87. The number of rotatable bonds is 5. The number of nitrogens with zero attached hydrogens (tertiary/aromatic N) is 5. The number of amides is 1. The van der Waals surface area contributed by atoms with Crippen LogP contribution in [0.3, 0.4) is 0 Å². The van der Waals surface area contributed by atoms with Crippen molar-refractivity contribution in [2.75, 3.05) is 31.3 Å². The Morgan fingerprint density at radius 1 is 1.27 bits per heavy atom. The van der Waals surface area contributed by atoms with Crippen LogP contribution in [0.5, 0.6) is 5.88 Å². The molecule has 10 nitrogen and oxygen atoms in total. The first-order valence-corrected chi connectivity index (χ1v) is 11.2. The van der Waals surface area contributed by atoms with Crippen LogP contribution in [0, 0.1) is 0 Å². The van der Waals surface area contributed by atoms with Crippen molar-refractivity contribution in [3.05, 3.63) is 36.7 Å². The number of hydrogen-bond donors (Lipinski definition) is 1. The van der Waals surface area contributed by atoms with Crippen molar-refractivity contribution in [3.63, 3.8) is 0 Å². The van der Waals surface area contributed by atoms with E-state index in [4.69, 9.17) is 13.9 Å². The van der Waals surface area contributed by atoms with E-state index in [0.717, 1.165) is 35.4 Å². The molecule has 1 N–H and O–H groups in total. The standard InChI is InChI=1S/C23H24N6O4/c1-14-12-31-9-8-28(14)23-16-10-19(33-18(16)6-7-24-23)17-11-25-20-3-5-22(27-29(17)20)32-13-15-2-4-21(30)26-15/h3,5-7,10-11,14-15H,2,4,8-9,12-13H2,1H3,(H,26,30)/t14-,15-/m0/s1. The number of ether oxygens (including phenoxy) is 2. The molecule has 2 atom stereocenters. The molecule has 0 spiro atoms. The maximum absolute atomic E-state index is 11.4. The topological polar surface area (TPSA) is 107 Å². The quantitative estimate of drug-likeness (QED) is 0.496. The molecule has 2 aliphatic rings. The Balaban J connectivity index is 1.32. The van der Waals surface area contributed by atoms with Gasteiger partial charge in [-0.05, 0) is 31.5 Å². The minimum absolute atomic E-state index is 0.0149. The maximum Gasteiger partial charge on any atom is 0.231 e. The average Bonchev–Trinajstić information content (AvgIpc) is 3.55. The predicted molar refractivity (Wildman–Crippen MR) is 120 cm³/mol. The summed E-state index contributed by atoms with van der Waals surface area (Å²) in [6, 6.07) is 7.74. The van der Waals surface area contributed by atoms with Gasteiger partial charge in [0, 0.05) is 25.2 Å². The molecule has 4 aromatic rings. The molecular formula is C23H24N6O4. The number of fused-ring (bicyclic) bond motifs is 2. The van der Waals surface area contributed by atoms with E-state index in [1.165, 1.54) is 0 Å². The van der Waals surface area contributed by atoms with Gasteiger partial charge in [-0.15, -0.1) is 5.10 Å². The van der Waals surface area contributed by atoms with Gasteiger partial charge in [0.2, 0.25) is 11.8 Å². The van der Waals surface area contributed by atoms with Crippen molar-refractivity contribution in [1.82, 2.24) is 24.9 Å². The number of hydrogen-bond acceptors (Lipinski definition) is 8. The third kappa shape index (κ3) is 3.66. The molecule has 0 aromatic carbocycles. The summed E-state index contributed by atoms with van der Waals surface area (Å²) in [6.45, 7) is 4.65. The van der Waals surface area contributed by atoms with Crippen LogP contribution in [0.25, 0.3) is 28.1 Å². The fourth-order valence-corrected chi connectivity index (χ4v) is 4.44. The number of anilines is 1. The highest BCUT2D eigenvalue weighted by Gasteiger charge is 2.24. The summed E-state index contributed by atoms with van der Waals surface area (Å²) in [6.07, 6.45) is 4.83. The lowest BCUT2D eigenvalue weighted by Crippen LogP contribution is -2.44. The zero-order valence-electron chi connectivity index (χ0n) is 18.2. The number of nitrogens with one attached hydrogen (secondary N) is 1. The number of morpholine rings is 1. The van der Waals surface area contributed by atoms with Crippen LogP contribution in [-0.2, 0) is 9.53 Å². The minimum atomic E-state index is 0.0149. The molecule has 33 heavy (non-hydrogen) atoms. The third-order valence-corrected chi connectivity index (χ3v) is 6.17. The lowest BCUT2D eigenvalue weighted by Gasteiger charge is -2.34. The first-order chi connectivity index (χ1) is 16.2. The number of carbonyl (C=O) groups is 1. The van der Waals surface area contributed by atoms with Crippen molar-refractivity contribution in [3.8, 4) is 17.3 Å². The molecular weight excluding hydrogens is 424 g/mol. The van der Waals surface area contributed by atoms with Gasteiger partial charge in [-0.2, -0.15) is 0 Å². The van der Waals surface area contributed by atoms with Gasteiger partial charge in [-0.1, -0.05) is 0 Å². The second-order valence-corrected chi connectivity index (χ2v) is 8.47. The normalized spacial score (nSPS) is 21.1. The Labute approximate surface area is 189 Å². The van der Waals surface area contributed by atoms with Crippen LogP contribution in [-0.4, -0.2) is 63.9 Å². The molecule has 170 valence electrons. The van der Waals surface area contributed by atoms with Crippen molar-refractivity contribution >= 4 is 28.3 Å². The molecule has 1 amide bonds. The highest BCUT2D eigenvalue weighted by atomic mass is 16.5. The zero-order valence-corrected chi connectivity index (χ0v) is 18.2. The number of aromatic nitrogens is 4. The van der Waals surface area contributed by atoms with Gasteiger partial charge in [0.05, 0.1) is 36.9 Å². The molecule has 6 rings (SSSR count). The number of carbonyl (C=O) groups excluding carboxylic acids is 1. The number of pyridine rings is 1. The lowest BCUT2D eigenvalue weighted by atomic mass is 10.2. The largest absolute Gasteiger partial charge is 0.474 e. The van der Waals surface area contributed by atoms with Crippen LogP contribution in [0.2, 0.25) is 0 Å². The second-order valence-electron chi connectivity index (χ2n) is 8.47. The predicted octanol–water partition coefficient (Wildman–Crippen LogP) is 2.42. The summed E-state index contributed by atoms with van der Waals surface area (Å²) in [5.74, 6) is 2.07. The summed E-state index contributed by atoms with van der Waals surface area (Å²) in [5, 5.41) is 8.45. The van der Waals surface area contributed by atoms with Gasteiger partial charge in [-0.25, -0.2) is 14.5 Å². The molecule has 0 aliphatic carbocycles. The summed E-state index contributed by atoms with van der Waals surface area (Å²) in [7, 11) is 0. The fraction of sp³-hybridized carbons (Fsp3) is 0.391. The Morgan fingerprint density at radius 2 is 2.21 bits per heavy atom. The van der Waals surface area contributed by atoms with Gasteiger partial charge in [0.1, 0.15) is 23.7 Å². The van der Waals surface area contributed by atoms with Crippen LogP contribution in [0.1, 0.15) is 19.8 Å². The summed E-state index contributed by atoms with van der Waals surface area (Å²) in [5.41, 5.74) is 2.17. The van der Waals surface area contributed by atoms with E-state index in [2.05, 4.69) is 32.2 Å². The molecule has 2 fully saturated rings. The van der Waals surface area contributed by atoms with E-state index in [1.54, 1.807) is 23.0 Å². The lowest BCUT2D eigenvalue weighted by molar-refractivity contribution is -0.119. The third-order valence-electron chi connectivity index (χ3n) is 6.17. The van der Waals surface area contributed by atoms with Crippen LogP contribution in [0.4, 0.5) is 5.82 Å². The van der Waals surface area contributed by atoms with Gasteiger partial charge in [0.15, 0.2) is 11.4 Å².